The Kier molecular flexibility index (Phi) is 3.81. The Bertz CT molecular complexity index is 481. The van der Waals surface area contributed by atoms with Crippen LogP contribution in [0, 0.1) is 0 Å². The zero-order chi connectivity index (χ0) is 12.9. The summed E-state index contributed by atoms with van der Waals surface area (Å²) in [6.07, 6.45) is 7.25. The van der Waals surface area contributed by atoms with Gasteiger partial charge in [0.05, 0.1) is 19.3 Å². The molecule has 6 heteroatoms. The number of hydrogen-bond acceptors (Lipinski definition) is 5. The molecular weight excluding hydrogens is 242 g/mol. The first-order chi connectivity index (χ1) is 9.43. The zero-order valence-corrected chi connectivity index (χ0v) is 10.7. The van der Waals surface area contributed by atoms with E-state index in [1.54, 1.807) is 18.9 Å². The molecule has 0 aliphatic carbocycles. The summed E-state index contributed by atoms with van der Waals surface area (Å²) in [6, 6.07) is 4.39. The van der Waals surface area contributed by atoms with Crippen molar-refractivity contribution in [1.29, 1.82) is 0 Å². The molecule has 1 fully saturated rings. The number of hydrogen-bond donors (Lipinski definition) is 0. The summed E-state index contributed by atoms with van der Waals surface area (Å²) in [4.78, 5) is 6.66. The Morgan fingerprint density at radius 2 is 2.00 bits per heavy atom. The largest absolute Gasteiger partial charge is 0.379 e. The van der Waals surface area contributed by atoms with Crippen molar-refractivity contribution in [3.8, 4) is 0 Å². The highest BCUT2D eigenvalue weighted by molar-refractivity contribution is 5.14. The lowest BCUT2D eigenvalue weighted by molar-refractivity contribution is 0.0122. The summed E-state index contributed by atoms with van der Waals surface area (Å²) in [6.45, 7) is 4.31. The van der Waals surface area contributed by atoms with Crippen LogP contribution >= 0.6 is 0 Å². The smallest absolute Gasteiger partial charge is 0.119 e. The molecule has 3 rings (SSSR count). The molecule has 0 spiro atoms. The van der Waals surface area contributed by atoms with E-state index in [1.807, 2.05) is 16.8 Å². The Balaban J connectivity index is 1.82. The number of morpholine rings is 1. The highest BCUT2D eigenvalue weighted by Crippen LogP contribution is 2.22. The van der Waals surface area contributed by atoms with Gasteiger partial charge in [-0.05, 0) is 11.6 Å². The van der Waals surface area contributed by atoms with Gasteiger partial charge in [0.25, 0.3) is 0 Å². The maximum absolute atomic E-state index is 5.43. The van der Waals surface area contributed by atoms with E-state index < -0.39 is 0 Å². The third kappa shape index (κ3) is 2.97. The molecule has 1 saturated heterocycles. The van der Waals surface area contributed by atoms with Crippen LogP contribution in [0.25, 0.3) is 0 Å². The van der Waals surface area contributed by atoms with Crippen molar-refractivity contribution in [3.05, 3.63) is 42.7 Å². The number of nitrogens with zero attached hydrogens (tertiary/aromatic N) is 5. The predicted molar refractivity (Wildman–Crippen MR) is 69.4 cm³/mol. The molecule has 1 aliphatic heterocycles. The molecule has 1 atom stereocenters. The maximum atomic E-state index is 5.43. The lowest BCUT2D eigenvalue weighted by Crippen LogP contribution is -2.40. The fourth-order valence-corrected chi connectivity index (χ4v) is 2.41. The van der Waals surface area contributed by atoms with Crippen LogP contribution in [0.4, 0.5) is 0 Å². The van der Waals surface area contributed by atoms with Crippen molar-refractivity contribution in [1.82, 2.24) is 24.6 Å². The summed E-state index contributed by atoms with van der Waals surface area (Å²) >= 11 is 0. The molecule has 0 radical (unpaired) electrons. The molecule has 0 N–H and O–H groups in total. The monoisotopic (exact) mass is 259 g/mol. The molecular formula is C13H17N5O. The van der Waals surface area contributed by atoms with Gasteiger partial charge in [-0.15, -0.1) is 10.2 Å². The maximum Gasteiger partial charge on any atom is 0.119 e. The number of pyridine rings is 1. The van der Waals surface area contributed by atoms with Crippen molar-refractivity contribution in [3.63, 3.8) is 0 Å². The standard InChI is InChI=1S/C13H17N5O/c1-2-12(8-14-3-1)13(9-17-10-15-16-11-17)18-4-6-19-7-5-18/h1-3,8,10-11,13H,4-7,9H2/t13-/m1/s1. The molecule has 0 unspecified atom stereocenters. The van der Waals surface area contributed by atoms with E-state index in [0.717, 1.165) is 32.8 Å². The third-order valence-corrected chi connectivity index (χ3v) is 3.41. The van der Waals surface area contributed by atoms with Crippen LogP contribution in [0.15, 0.2) is 37.2 Å². The fraction of sp³-hybridized carbons (Fsp3) is 0.462. The number of ether oxygens (including phenoxy) is 1. The second-order valence-corrected chi connectivity index (χ2v) is 4.61. The van der Waals surface area contributed by atoms with E-state index in [2.05, 4.69) is 26.1 Å². The number of rotatable bonds is 4. The Labute approximate surface area is 112 Å². The second-order valence-electron chi connectivity index (χ2n) is 4.61. The molecule has 0 bridgehead atoms. The average Bonchev–Trinajstić information content (AvgIpc) is 3.00. The lowest BCUT2D eigenvalue weighted by Gasteiger charge is -2.34. The van der Waals surface area contributed by atoms with Gasteiger partial charge >= 0.3 is 0 Å². The summed E-state index contributed by atoms with van der Waals surface area (Å²) in [5.41, 5.74) is 1.22. The topological polar surface area (TPSA) is 56.1 Å². The van der Waals surface area contributed by atoms with E-state index in [1.165, 1.54) is 5.56 Å². The molecule has 2 aromatic rings. The van der Waals surface area contributed by atoms with E-state index in [-0.39, 0.29) is 6.04 Å². The third-order valence-electron chi connectivity index (χ3n) is 3.41. The first-order valence-electron chi connectivity index (χ1n) is 6.47. The normalized spacial score (nSPS) is 18.3. The van der Waals surface area contributed by atoms with Crippen LogP contribution in [0.1, 0.15) is 11.6 Å². The van der Waals surface area contributed by atoms with Crippen LogP contribution in [0.3, 0.4) is 0 Å². The van der Waals surface area contributed by atoms with Crippen LogP contribution < -0.4 is 0 Å². The Morgan fingerprint density at radius 1 is 1.21 bits per heavy atom. The van der Waals surface area contributed by atoms with E-state index in [9.17, 15) is 0 Å². The van der Waals surface area contributed by atoms with Crippen molar-refractivity contribution >= 4 is 0 Å². The van der Waals surface area contributed by atoms with Gasteiger partial charge < -0.3 is 9.30 Å². The molecule has 19 heavy (non-hydrogen) atoms. The quantitative estimate of drug-likeness (QED) is 0.811. The van der Waals surface area contributed by atoms with Crippen molar-refractivity contribution in [2.75, 3.05) is 26.3 Å². The summed E-state index contributed by atoms with van der Waals surface area (Å²) in [5.74, 6) is 0. The summed E-state index contributed by atoms with van der Waals surface area (Å²) in [5, 5.41) is 7.74. The first kappa shape index (κ1) is 12.3. The second kappa shape index (κ2) is 5.90. The molecule has 3 heterocycles. The van der Waals surface area contributed by atoms with Gasteiger partial charge in [-0.1, -0.05) is 6.07 Å². The highest BCUT2D eigenvalue weighted by Gasteiger charge is 2.23. The van der Waals surface area contributed by atoms with Gasteiger partial charge in [-0.2, -0.15) is 0 Å². The minimum Gasteiger partial charge on any atom is -0.379 e. The van der Waals surface area contributed by atoms with Crippen molar-refractivity contribution in [2.45, 2.75) is 12.6 Å². The predicted octanol–water partition coefficient (Wildman–Crippen LogP) is 0.747. The zero-order valence-electron chi connectivity index (χ0n) is 10.7. The van der Waals surface area contributed by atoms with E-state index in [4.69, 9.17) is 4.74 Å². The van der Waals surface area contributed by atoms with Gasteiger partial charge in [0.2, 0.25) is 0 Å². The number of aromatic nitrogens is 4. The Hall–Kier alpha value is -1.79. The minimum atomic E-state index is 0.286. The van der Waals surface area contributed by atoms with Crippen LogP contribution in [0.5, 0.6) is 0 Å². The molecule has 100 valence electrons. The van der Waals surface area contributed by atoms with Crippen LogP contribution in [-0.2, 0) is 11.3 Å². The summed E-state index contributed by atoms with van der Waals surface area (Å²) in [7, 11) is 0. The van der Waals surface area contributed by atoms with Crippen LogP contribution in [0.2, 0.25) is 0 Å². The average molecular weight is 259 g/mol. The van der Waals surface area contributed by atoms with Gasteiger partial charge in [-0.3, -0.25) is 9.88 Å². The Morgan fingerprint density at radius 3 is 2.68 bits per heavy atom. The highest BCUT2D eigenvalue weighted by atomic mass is 16.5. The molecule has 0 amide bonds. The minimum absolute atomic E-state index is 0.286. The van der Waals surface area contributed by atoms with E-state index >= 15 is 0 Å². The first-order valence-corrected chi connectivity index (χ1v) is 6.47. The lowest BCUT2D eigenvalue weighted by atomic mass is 10.1. The van der Waals surface area contributed by atoms with Gasteiger partial charge in [0, 0.05) is 32.0 Å². The molecule has 6 nitrogen and oxygen atoms in total. The van der Waals surface area contributed by atoms with Crippen LogP contribution in [-0.4, -0.2) is 51.0 Å². The SMILES string of the molecule is c1cncc([C@@H](Cn2cnnc2)N2CCOCC2)c1. The van der Waals surface area contributed by atoms with Gasteiger partial charge in [0.1, 0.15) is 12.7 Å². The summed E-state index contributed by atoms with van der Waals surface area (Å²) < 4.78 is 7.44. The van der Waals surface area contributed by atoms with Crippen molar-refractivity contribution < 1.29 is 4.74 Å². The fourth-order valence-electron chi connectivity index (χ4n) is 2.41. The molecule has 1 aliphatic rings. The molecule has 2 aromatic heterocycles. The molecule has 0 saturated carbocycles. The van der Waals surface area contributed by atoms with Crippen molar-refractivity contribution in [2.24, 2.45) is 0 Å². The van der Waals surface area contributed by atoms with E-state index in [0.29, 0.717) is 0 Å². The molecule has 0 aromatic carbocycles. The van der Waals surface area contributed by atoms with Gasteiger partial charge in [0.15, 0.2) is 0 Å². The van der Waals surface area contributed by atoms with Gasteiger partial charge in [-0.25, -0.2) is 0 Å².